The van der Waals surface area contributed by atoms with E-state index in [4.69, 9.17) is 0 Å². The van der Waals surface area contributed by atoms with Gasteiger partial charge in [0.25, 0.3) is 0 Å². The van der Waals surface area contributed by atoms with Crippen molar-refractivity contribution in [2.45, 2.75) is 51.6 Å². The van der Waals surface area contributed by atoms with E-state index in [-0.39, 0.29) is 29.4 Å². The van der Waals surface area contributed by atoms with Crippen LogP contribution in [-0.2, 0) is 21.9 Å². The fourth-order valence-corrected chi connectivity index (χ4v) is 4.17. The average Bonchev–Trinajstić information content (AvgIpc) is 2.72. The number of carbonyl (C=O) groups excluding carboxylic acids is 2. The minimum Gasteiger partial charge on any atom is -0.352 e. The van der Waals surface area contributed by atoms with E-state index in [0.717, 1.165) is 16.5 Å². The molecular formula is C23H28BrFN2O2S. The molecule has 0 heterocycles. The lowest BCUT2D eigenvalue weighted by molar-refractivity contribution is -0.138. The minimum absolute atomic E-state index is 0.0400. The number of hydrogen-bond donors (Lipinski definition) is 1. The fraction of sp³-hybridized carbons (Fsp3) is 0.391. The first kappa shape index (κ1) is 24.4. The number of nitrogens with zero attached hydrogens (tertiary/aromatic N) is 1. The van der Waals surface area contributed by atoms with Crippen molar-refractivity contribution >= 4 is 39.5 Å². The Kier molecular flexibility index (Phi) is 9.85. The van der Waals surface area contributed by atoms with Crippen LogP contribution in [0.2, 0.25) is 0 Å². The zero-order valence-electron chi connectivity index (χ0n) is 17.5. The number of nitrogens with one attached hydrogen (secondary N) is 1. The molecular weight excluding hydrogens is 467 g/mol. The van der Waals surface area contributed by atoms with Crippen LogP contribution in [0, 0.1) is 5.82 Å². The van der Waals surface area contributed by atoms with E-state index in [0.29, 0.717) is 17.9 Å². The molecule has 0 aromatic heterocycles. The molecule has 2 aromatic rings. The highest BCUT2D eigenvalue weighted by Crippen LogP contribution is 2.19. The van der Waals surface area contributed by atoms with Crippen LogP contribution in [0.3, 0.4) is 0 Å². The molecule has 0 aliphatic rings. The number of halogens is 2. The third kappa shape index (κ3) is 7.43. The van der Waals surface area contributed by atoms with Gasteiger partial charge in [0.1, 0.15) is 11.9 Å². The van der Waals surface area contributed by atoms with Crippen molar-refractivity contribution < 1.29 is 14.0 Å². The maximum absolute atomic E-state index is 13.8. The van der Waals surface area contributed by atoms with Gasteiger partial charge in [0, 0.05) is 22.8 Å². The largest absolute Gasteiger partial charge is 0.352 e. The van der Waals surface area contributed by atoms with Gasteiger partial charge in [-0.25, -0.2) is 4.39 Å². The summed E-state index contributed by atoms with van der Waals surface area (Å²) in [6.45, 7) is 6.01. The van der Waals surface area contributed by atoms with Crippen LogP contribution in [0.1, 0.15) is 38.3 Å². The lowest BCUT2D eigenvalue weighted by Crippen LogP contribution is -2.50. The first-order chi connectivity index (χ1) is 14.3. The molecule has 1 N–H and O–H groups in total. The Bertz CT molecular complexity index is 865. The van der Waals surface area contributed by atoms with Gasteiger partial charge in [-0.2, -0.15) is 0 Å². The second-order valence-electron chi connectivity index (χ2n) is 7.23. The standard InChI is InChI=1S/C23H28BrFN2O2S/c1-4-16(2)26-23(29)17(3)27(13-18-8-7-10-20(24)12-18)22(28)15-30-14-19-9-5-6-11-21(19)25/h5-12,16-17H,4,13-15H2,1-3H3,(H,26,29)/t16-,17-/m0/s1. The second kappa shape index (κ2) is 12.1. The molecule has 30 heavy (non-hydrogen) atoms. The van der Waals surface area contributed by atoms with Crippen LogP contribution in [-0.4, -0.2) is 34.6 Å². The average molecular weight is 495 g/mol. The molecule has 2 atom stereocenters. The van der Waals surface area contributed by atoms with E-state index < -0.39 is 6.04 Å². The van der Waals surface area contributed by atoms with E-state index in [2.05, 4.69) is 21.2 Å². The number of rotatable bonds is 10. The van der Waals surface area contributed by atoms with Crippen molar-refractivity contribution in [3.05, 3.63) is 69.9 Å². The van der Waals surface area contributed by atoms with Gasteiger partial charge in [0.05, 0.1) is 5.75 Å². The van der Waals surface area contributed by atoms with Gasteiger partial charge in [0.2, 0.25) is 11.8 Å². The Morgan fingerprint density at radius 1 is 1.17 bits per heavy atom. The summed E-state index contributed by atoms with van der Waals surface area (Å²) in [5.74, 6) is -0.0282. The minimum atomic E-state index is -0.612. The monoisotopic (exact) mass is 494 g/mol. The molecule has 4 nitrogen and oxygen atoms in total. The first-order valence-corrected chi connectivity index (χ1v) is 11.9. The number of amides is 2. The Morgan fingerprint density at radius 2 is 1.90 bits per heavy atom. The van der Waals surface area contributed by atoms with Crippen LogP contribution in [0.25, 0.3) is 0 Å². The van der Waals surface area contributed by atoms with E-state index in [1.54, 1.807) is 30.0 Å². The Balaban J connectivity index is 2.09. The molecule has 0 aliphatic carbocycles. The quantitative estimate of drug-likeness (QED) is 0.496. The molecule has 0 bridgehead atoms. The predicted octanol–water partition coefficient (Wildman–Crippen LogP) is 5.15. The number of thioether (sulfide) groups is 1. The van der Waals surface area contributed by atoms with Crippen molar-refractivity contribution in [2.75, 3.05) is 5.75 Å². The van der Waals surface area contributed by atoms with Crippen LogP contribution >= 0.6 is 27.7 Å². The second-order valence-corrected chi connectivity index (χ2v) is 9.13. The number of benzene rings is 2. The zero-order chi connectivity index (χ0) is 22.1. The smallest absolute Gasteiger partial charge is 0.242 e. The van der Waals surface area contributed by atoms with Gasteiger partial charge in [0.15, 0.2) is 0 Å². The molecule has 0 aliphatic heterocycles. The summed E-state index contributed by atoms with van der Waals surface area (Å²) in [5, 5.41) is 2.95. The van der Waals surface area contributed by atoms with Gasteiger partial charge in [-0.05, 0) is 49.6 Å². The number of carbonyl (C=O) groups is 2. The molecule has 2 amide bonds. The molecule has 7 heteroatoms. The summed E-state index contributed by atoms with van der Waals surface area (Å²) in [6.07, 6.45) is 0.816. The summed E-state index contributed by atoms with van der Waals surface area (Å²) >= 11 is 4.80. The van der Waals surface area contributed by atoms with Gasteiger partial charge >= 0.3 is 0 Å². The maximum Gasteiger partial charge on any atom is 0.242 e. The van der Waals surface area contributed by atoms with Crippen molar-refractivity contribution in [1.29, 1.82) is 0 Å². The van der Waals surface area contributed by atoms with E-state index in [1.165, 1.54) is 17.8 Å². The number of hydrogen-bond acceptors (Lipinski definition) is 3. The normalized spacial score (nSPS) is 12.8. The Hall–Kier alpha value is -1.86. The fourth-order valence-electron chi connectivity index (χ4n) is 2.83. The molecule has 2 rings (SSSR count). The molecule has 2 aromatic carbocycles. The van der Waals surface area contributed by atoms with Gasteiger partial charge in [-0.15, -0.1) is 11.8 Å². The van der Waals surface area contributed by atoms with Crippen LogP contribution in [0.15, 0.2) is 53.0 Å². The van der Waals surface area contributed by atoms with Crippen LogP contribution in [0.4, 0.5) is 4.39 Å². The molecule has 0 spiro atoms. The Morgan fingerprint density at radius 3 is 2.57 bits per heavy atom. The first-order valence-electron chi connectivity index (χ1n) is 9.97. The van der Waals surface area contributed by atoms with Crippen molar-refractivity contribution in [3.63, 3.8) is 0 Å². The Labute approximate surface area is 190 Å². The summed E-state index contributed by atoms with van der Waals surface area (Å²) in [7, 11) is 0. The highest BCUT2D eigenvalue weighted by atomic mass is 79.9. The summed E-state index contributed by atoms with van der Waals surface area (Å²) in [4.78, 5) is 27.3. The molecule has 0 saturated heterocycles. The third-order valence-electron chi connectivity index (χ3n) is 4.85. The van der Waals surface area contributed by atoms with Crippen LogP contribution in [0.5, 0.6) is 0 Å². The molecule has 0 fully saturated rings. The van der Waals surface area contributed by atoms with Gasteiger partial charge < -0.3 is 10.2 Å². The predicted molar refractivity (Wildman–Crippen MR) is 125 cm³/mol. The van der Waals surface area contributed by atoms with E-state index in [9.17, 15) is 14.0 Å². The third-order valence-corrected chi connectivity index (χ3v) is 6.31. The summed E-state index contributed by atoms with van der Waals surface area (Å²) in [6, 6.07) is 13.7. The van der Waals surface area contributed by atoms with Crippen molar-refractivity contribution in [2.24, 2.45) is 0 Å². The topological polar surface area (TPSA) is 49.4 Å². The molecule has 0 radical (unpaired) electrons. The van der Waals surface area contributed by atoms with Crippen molar-refractivity contribution in [3.8, 4) is 0 Å². The van der Waals surface area contributed by atoms with Gasteiger partial charge in [-0.1, -0.05) is 53.2 Å². The van der Waals surface area contributed by atoms with E-state index in [1.807, 2.05) is 38.1 Å². The summed E-state index contributed by atoms with van der Waals surface area (Å²) < 4.78 is 14.7. The van der Waals surface area contributed by atoms with E-state index >= 15 is 0 Å². The lowest BCUT2D eigenvalue weighted by Gasteiger charge is -2.29. The van der Waals surface area contributed by atoms with Gasteiger partial charge in [-0.3, -0.25) is 9.59 Å². The maximum atomic E-state index is 13.8. The molecule has 0 saturated carbocycles. The summed E-state index contributed by atoms with van der Waals surface area (Å²) in [5.41, 5.74) is 1.50. The van der Waals surface area contributed by atoms with Crippen molar-refractivity contribution in [1.82, 2.24) is 10.2 Å². The lowest BCUT2D eigenvalue weighted by atomic mass is 10.1. The zero-order valence-corrected chi connectivity index (χ0v) is 19.9. The SMILES string of the molecule is CC[C@H](C)NC(=O)[C@H](C)N(Cc1cccc(Br)c1)C(=O)CSCc1ccccc1F. The molecule has 162 valence electrons. The molecule has 0 unspecified atom stereocenters. The highest BCUT2D eigenvalue weighted by Gasteiger charge is 2.26. The highest BCUT2D eigenvalue weighted by molar-refractivity contribution is 9.10. The van der Waals surface area contributed by atoms with Crippen LogP contribution < -0.4 is 5.32 Å².